The zero-order chi connectivity index (χ0) is 11.4. The zero-order valence-electron chi connectivity index (χ0n) is 8.33. The minimum Gasteiger partial charge on any atom is -0.474 e. The second kappa shape index (κ2) is 4.52. The molecule has 0 bridgehead atoms. The van der Waals surface area contributed by atoms with E-state index in [1.54, 1.807) is 6.20 Å². The van der Waals surface area contributed by atoms with Crippen molar-refractivity contribution in [3.8, 4) is 0 Å². The maximum atomic E-state index is 10.5. The molecule has 82 valence electrons. The summed E-state index contributed by atoms with van der Waals surface area (Å²) < 4.78 is 4.92. The fourth-order valence-corrected chi connectivity index (χ4v) is 1.22. The van der Waals surface area contributed by atoms with Gasteiger partial charge in [-0.1, -0.05) is 6.07 Å². The smallest absolute Gasteiger partial charge is 0.393 e. The van der Waals surface area contributed by atoms with Crippen LogP contribution in [0.3, 0.4) is 0 Å². The summed E-state index contributed by atoms with van der Waals surface area (Å²) in [6.45, 7) is 0. The van der Waals surface area contributed by atoms with Gasteiger partial charge >= 0.3 is 11.9 Å². The van der Waals surface area contributed by atoms with Gasteiger partial charge in [0.2, 0.25) is 5.89 Å². The van der Waals surface area contributed by atoms with Gasteiger partial charge < -0.3 is 9.52 Å². The summed E-state index contributed by atoms with van der Waals surface area (Å²) >= 11 is 0. The lowest BCUT2D eigenvalue weighted by Crippen LogP contribution is -1.95. The molecule has 0 unspecified atom stereocenters. The Morgan fingerprint density at radius 1 is 1.31 bits per heavy atom. The van der Waals surface area contributed by atoms with Crippen LogP contribution in [-0.2, 0) is 12.8 Å². The highest BCUT2D eigenvalue weighted by atomic mass is 16.4. The van der Waals surface area contributed by atoms with E-state index in [0.717, 1.165) is 5.69 Å². The SMILES string of the molecule is O=C(O)c1nnc(CCc2ccccn2)o1. The van der Waals surface area contributed by atoms with Crippen LogP contribution in [0, 0.1) is 0 Å². The number of nitrogens with zero attached hydrogens (tertiary/aromatic N) is 3. The Hall–Kier alpha value is -2.24. The van der Waals surface area contributed by atoms with E-state index in [4.69, 9.17) is 9.52 Å². The molecule has 16 heavy (non-hydrogen) atoms. The quantitative estimate of drug-likeness (QED) is 0.823. The van der Waals surface area contributed by atoms with Gasteiger partial charge in [-0.15, -0.1) is 10.2 Å². The molecule has 0 radical (unpaired) electrons. The Morgan fingerprint density at radius 3 is 2.81 bits per heavy atom. The molecule has 2 rings (SSSR count). The number of pyridine rings is 1. The summed E-state index contributed by atoms with van der Waals surface area (Å²) in [7, 11) is 0. The van der Waals surface area contributed by atoms with Gasteiger partial charge in [-0.2, -0.15) is 0 Å². The first-order chi connectivity index (χ1) is 7.75. The molecule has 0 aromatic carbocycles. The van der Waals surface area contributed by atoms with Crippen molar-refractivity contribution in [2.24, 2.45) is 0 Å². The molecule has 1 N–H and O–H groups in total. The number of aromatic nitrogens is 3. The average Bonchev–Trinajstić information content (AvgIpc) is 2.76. The molecule has 0 aliphatic heterocycles. The monoisotopic (exact) mass is 219 g/mol. The van der Waals surface area contributed by atoms with E-state index < -0.39 is 5.97 Å². The maximum absolute atomic E-state index is 10.5. The predicted molar refractivity (Wildman–Crippen MR) is 52.9 cm³/mol. The summed E-state index contributed by atoms with van der Waals surface area (Å²) in [5.74, 6) is -1.28. The van der Waals surface area contributed by atoms with Gasteiger partial charge in [0, 0.05) is 18.3 Å². The van der Waals surface area contributed by atoms with Gasteiger partial charge in [-0.05, 0) is 18.6 Å². The van der Waals surface area contributed by atoms with Crippen LogP contribution in [0.4, 0.5) is 0 Å². The minimum atomic E-state index is -1.21. The first kappa shape index (κ1) is 10.3. The number of rotatable bonds is 4. The van der Waals surface area contributed by atoms with Gasteiger partial charge in [0.15, 0.2) is 0 Å². The third-order valence-electron chi connectivity index (χ3n) is 1.97. The Morgan fingerprint density at radius 2 is 2.19 bits per heavy atom. The van der Waals surface area contributed by atoms with Crippen molar-refractivity contribution >= 4 is 5.97 Å². The number of carboxylic acid groups (broad SMARTS) is 1. The third-order valence-corrected chi connectivity index (χ3v) is 1.97. The lowest BCUT2D eigenvalue weighted by molar-refractivity contribution is 0.0651. The van der Waals surface area contributed by atoms with Crippen molar-refractivity contribution in [2.75, 3.05) is 0 Å². The lowest BCUT2D eigenvalue weighted by atomic mass is 10.2. The molecular weight excluding hydrogens is 210 g/mol. The minimum absolute atomic E-state index is 0.308. The van der Waals surface area contributed by atoms with Crippen molar-refractivity contribution in [1.29, 1.82) is 0 Å². The first-order valence-electron chi connectivity index (χ1n) is 4.71. The Bertz CT molecular complexity index is 481. The molecule has 0 atom stereocenters. The summed E-state index contributed by atoms with van der Waals surface area (Å²) in [6.07, 6.45) is 2.82. The highest BCUT2D eigenvalue weighted by Gasteiger charge is 2.12. The fraction of sp³-hybridized carbons (Fsp3) is 0.200. The Labute approximate surface area is 91.0 Å². The van der Waals surface area contributed by atoms with Crippen LogP contribution in [0.15, 0.2) is 28.8 Å². The van der Waals surface area contributed by atoms with Crippen LogP contribution in [0.25, 0.3) is 0 Å². The van der Waals surface area contributed by atoms with Crippen LogP contribution in [0.1, 0.15) is 22.3 Å². The molecular formula is C10H9N3O3. The van der Waals surface area contributed by atoms with Crippen LogP contribution >= 0.6 is 0 Å². The standard InChI is InChI=1S/C10H9N3O3/c14-10(15)9-13-12-8(16-9)5-4-7-3-1-2-6-11-7/h1-3,6H,4-5H2,(H,14,15). The van der Waals surface area contributed by atoms with Gasteiger partial charge in [0.05, 0.1) is 0 Å². The molecule has 2 heterocycles. The lowest BCUT2D eigenvalue weighted by Gasteiger charge is -1.95. The molecule has 2 aromatic rings. The van der Waals surface area contributed by atoms with Gasteiger partial charge in [-0.25, -0.2) is 4.79 Å². The molecule has 0 spiro atoms. The van der Waals surface area contributed by atoms with Crippen molar-refractivity contribution in [3.63, 3.8) is 0 Å². The van der Waals surface area contributed by atoms with Crippen molar-refractivity contribution < 1.29 is 14.3 Å². The second-order valence-electron chi connectivity index (χ2n) is 3.13. The molecule has 0 saturated carbocycles. The largest absolute Gasteiger partial charge is 0.474 e. The predicted octanol–water partition coefficient (Wildman–Crippen LogP) is 0.948. The van der Waals surface area contributed by atoms with Gasteiger partial charge in [0.25, 0.3) is 0 Å². The van der Waals surface area contributed by atoms with Gasteiger partial charge in [-0.3, -0.25) is 4.98 Å². The molecule has 0 aliphatic rings. The molecule has 6 heteroatoms. The molecule has 0 saturated heterocycles. The van der Waals surface area contributed by atoms with E-state index in [-0.39, 0.29) is 5.89 Å². The van der Waals surface area contributed by atoms with Crippen LogP contribution in [0.5, 0.6) is 0 Å². The Kier molecular flexibility index (Phi) is 2.90. The topological polar surface area (TPSA) is 89.1 Å². The average molecular weight is 219 g/mol. The van der Waals surface area contributed by atoms with Crippen molar-refractivity contribution in [3.05, 3.63) is 41.9 Å². The molecule has 0 aliphatic carbocycles. The second-order valence-corrected chi connectivity index (χ2v) is 3.13. The molecule has 2 aromatic heterocycles. The normalized spacial score (nSPS) is 10.2. The molecule has 0 amide bonds. The maximum Gasteiger partial charge on any atom is 0.393 e. The van der Waals surface area contributed by atoms with E-state index in [1.807, 2.05) is 18.2 Å². The van der Waals surface area contributed by atoms with E-state index in [1.165, 1.54) is 0 Å². The van der Waals surface area contributed by atoms with Crippen LogP contribution in [0.2, 0.25) is 0 Å². The number of aryl methyl sites for hydroxylation is 2. The Balaban J connectivity index is 1.97. The number of carbonyl (C=O) groups is 1. The summed E-state index contributed by atoms with van der Waals surface area (Å²) in [4.78, 5) is 14.6. The zero-order valence-corrected chi connectivity index (χ0v) is 8.33. The highest BCUT2D eigenvalue weighted by molar-refractivity contribution is 5.81. The summed E-state index contributed by atoms with van der Waals surface area (Å²) in [5.41, 5.74) is 0.901. The van der Waals surface area contributed by atoms with E-state index in [0.29, 0.717) is 18.7 Å². The van der Waals surface area contributed by atoms with E-state index >= 15 is 0 Å². The van der Waals surface area contributed by atoms with Crippen molar-refractivity contribution in [2.45, 2.75) is 12.8 Å². The molecule has 6 nitrogen and oxygen atoms in total. The number of hydrogen-bond acceptors (Lipinski definition) is 5. The van der Waals surface area contributed by atoms with E-state index in [2.05, 4.69) is 15.2 Å². The number of carboxylic acids is 1. The van der Waals surface area contributed by atoms with E-state index in [9.17, 15) is 4.79 Å². The summed E-state index contributed by atoms with van der Waals surface area (Å²) in [5, 5.41) is 15.6. The van der Waals surface area contributed by atoms with Crippen LogP contribution < -0.4 is 0 Å². The van der Waals surface area contributed by atoms with Crippen LogP contribution in [-0.4, -0.2) is 26.3 Å². The number of aromatic carboxylic acids is 1. The summed E-state index contributed by atoms with van der Waals surface area (Å²) in [6, 6.07) is 5.60. The third kappa shape index (κ3) is 2.41. The number of hydrogen-bond donors (Lipinski definition) is 1. The van der Waals surface area contributed by atoms with Gasteiger partial charge in [0.1, 0.15) is 0 Å². The highest BCUT2D eigenvalue weighted by Crippen LogP contribution is 2.04. The first-order valence-corrected chi connectivity index (χ1v) is 4.71. The fourth-order valence-electron chi connectivity index (χ4n) is 1.22. The molecule has 0 fully saturated rings. The van der Waals surface area contributed by atoms with Crippen molar-refractivity contribution in [1.82, 2.24) is 15.2 Å².